The van der Waals surface area contributed by atoms with Gasteiger partial charge in [0.05, 0.1) is 0 Å². The van der Waals surface area contributed by atoms with Crippen molar-refractivity contribution in [2.24, 2.45) is 0 Å². The maximum absolute atomic E-state index is 3.76. The molecule has 0 aromatic heterocycles. The van der Waals surface area contributed by atoms with Crippen molar-refractivity contribution in [1.82, 2.24) is 10.2 Å². The number of rotatable bonds is 4. The lowest BCUT2D eigenvalue weighted by atomic mass is 9.97. The second-order valence-electron chi connectivity index (χ2n) is 6.76. The molecular formula is C18H28N2S. The topological polar surface area (TPSA) is 15.3 Å². The first kappa shape index (κ1) is 15.4. The van der Waals surface area contributed by atoms with E-state index in [4.69, 9.17) is 0 Å². The third-order valence-electron chi connectivity index (χ3n) is 5.04. The van der Waals surface area contributed by atoms with E-state index in [1.807, 2.05) is 0 Å². The lowest BCUT2D eigenvalue weighted by Crippen LogP contribution is -2.55. The number of hydrogen-bond acceptors (Lipinski definition) is 3. The van der Waals surface area contributed by atoms with E-state index in [0.29, 0.717) is 16.8 Å². The minimum atomic E-state index is 0.478. The molecule has 0 aliphatic carbocycles. The second-order valence-corrected chi connectivity index (χ2v) is 8.45. The summed E-state index contributed by atoms with van der Waals surface area (Å²) >= 11 is 2.19. The Morgan fingerprint density at radius 2 is 2.14 bits per heavy atom. The molecule has 2 heterocycles. The van der Waals surface area contributed by atoms with Gasteiger partial charge < -0.3 is 5.32 Å². The van der Waals surface area contributed by atoms with E-state index in [0.717, 1.165) is 13.1 Å². The fourth-order valence-corrected chi connectivity index (χ4v) is 5.08. The van der Waals surface area contributed by atoms with Crippen LogP contribution in [0.1, 0.15) is 44.7 Å². The first-order valence-corrected chi connectivity index (χ1v) is 9.35. The van der Waals surface area contributed by atoms with Crippen LogP contribution >= 0.6 is 11.8 Å². The van der Waals surface area contributed by atoms with Crippen LogP contribution in [0.5, 0.6) is 0 Å². The lowest BCUT2D eigenvalue weighted by Gasteiger charge is -2.43. The molecule has 3 heteroatoms. The van der Waals surface area contributed by atoms with Gasteiger partial charge in [0.1, 0.15) is 0 Å². The maximum atomic E-state index is 3.76. The highest BCUT2D eigenvalue weighted by Crippen LogP contribution is 2.39. The summed E-state index contributed by atoms with van der Waals surface area (Å²) in [6.45, 7) is 8.32. The monoisotopic (exact) mass is 304 g/mol. The molecule has 1 N–H and O–H groups in total. The third kappa shape index (κ3) is 3.64. The fraction of sp³-hybridized carbons (Fsp3) is 0.667. The zero-order valence-corrected chi connectivity index (χ0v) is 14.2. The van der Waals surface area contributed by atoms with Gasteiger partial charge in [-0.2, -0.15) is 11.8 Å². The lowest BCUT2D eigenvalue weighted by molar-refractivity contribution is 0.115. The van der Waals surface area contributed by atoms with Crippen LogP contribution in [-0.2, 0) is 0 Å². The van der Waals surface area contributed by atoms with Gasteiger partial charge >= 0.3 is 0 Å². The van der Waals surface area contributed by atoms with Crippen molar-refractivity contribution in [3.8, 4) is 0 Å². The number of piperazine rings is 1. The third-order valence-corrected chi connectivity index (χ3v) is 6.57. The van der Waals surface area contributed by atoms with Crippen LogP contribution in [0, 0.1) is 0 Å². The van der Waals surface area contributed by atoms with Crippen LogP contribution in [-0.4, -0.2) is 41.1 Å². The molecule has 2 fully saturated rings. The van der Waals surface area contributed by atoms with Gasteiger partial charge in [-0.05, 0) is 37.5 Å². The fourth-order valence-electron chi connectivity index (χ4n) is 3.75. The molecule has 2 aliphatic rings. The molecule has 0 bridgehead atoms. The van der Waals surface area contributed by atoms with Crippen molar-refractivity contribution in [1.29, 1.82) is 0 Å². The summed E-state index contributed by atoms with van der Waals surface area (Å²) in [5, 5.41) is 3.76. The summed E-state index contributed by atoms with van der Waals surface area (Å²) in [6, 6.07) is 12.1. The van der Waals surface area contributed by atoms with E-state index < -0.39 is 0 Å². The number of thioether (sulfide) groups is 1. The number of benzene rings is 1. The van der Waals surface area contributed by atoms with Gasteiger partial charge in [-0.25, -0.2) is 0 Å². The molecule has 0 amide bonds. The summed E-state index contributed by atoms with van der Waals surface area (Å²) in [4.78, 5) is 2.76. The number of nitrogens with one attached hydrogen (secondary N) is 1. The van der Waals surface area contributed by atoms with Crippen molar-refractivity contribution < 1.29 is 0 Å². The first-order chi connectivity index (χ1) is 10.2. The highest BCUT2D eigenvalue weighted by molar-refractivity contribution is 8.00. The Morgan fingerprint density at radius 1 is 1.33 bits per heavy atom. The predicted molar refractivity (Wildman–Crippen MR) is 92.9 cm³/mol. The predicted octanol–water partition coefficient (Wildman–Crippen LogP) is 3.70. The zero-order valence-electron chi connectivity index (χ0n) is 13.3. The van der Waals surface area contributed by atoms with Gasteiger partial charge in [0.25, 0.3) is 0 Å². The molecular weight excluding hydrogens is 276 g/mol. The van der Waals surface area contributed by atoms with E-state index in [1.165, 1.54) is 37.1 Å². The Kier molecular flexibility index (Phi) is 4.92. The van der Waals surface area contributed by atoms with Gasteiger partial charge in [-0.15, -0.1) is 0 Å². The Hall–Kier alpha value is -0.510. The van der Waals surface area contributed by atoms with Crippen LogP contribution in [0.3, 0.4) is 0 Å². The molecule has 0 spiro atoms. The number of hydrogen-bond donors (Lipinski definition) is 1. The average molecular weight is 305 g/mol. The highest BCUT2D eigenvalue weighted by atomic mass is 32.2. The maximum Gasteiger partial charge on any atom is 0.0449 e. The molecule has 2 nitrogen and oxygen atoms in total. The SMILES string of the molecule is CCC1CNC(c2ccccc2)CN1CC1(C)CCCS1. The summed E-state index contributed by atoms with van der Waals surface area (Å²) in [7, 11) is 0. The normalized spacial score (nSPS) is 34.2. The molecule has 21 heavy (non-hydrogen) atoms. The Bertz CT molecular complexity index is 442. The average Bonchev–Trinajstić information content (AvgIpc) is 2.94. The van der Waals surface area contributed by atoms with Crippen LogP contribution < -0.4 is 5.32 Å². The quantitative estimate of drug-likeness (QED) is 0.913. The van der Waals surface area contributed by atoms with E-state index in [9.17, 15) is 0 Å². The summed E-state index contributed by atoms with van der Waals surface area (Å²) < 4.78 is 0.478. The van der Waals surface area contributed by atoms with Gasteiger partial charge in [0.15, 0.2) is 0 Å². The molecule has 1 aromatic carbocycles. The van der Waals surface area contributed by atoms with Crippen LogP contribution in [0.25, 0.3) is 0 Å². The van der Waals surface area contributed by atoms with Crippen molar-refractivity contribution in [3.63, 3.8) is 0 Å². The molecule has 3 rings (SSSR count). The summed E-state index contributed by atoms with van der Waals surface area (Å²) in [6.07, 6.45) is 4.02. The molecule has 116 valence electrons. The Labute approximate surface area is 133 Å². The molecule has 3 unspecified atom stereocenters. The smallest absolute Gasteiger partial charge is 0.0449 e. The van der Waals surface area contributed by atoms with Crippen molar-refractivity contribution in [2.45, 2.75) is 49.9 Å². The first-order valence-electron chi connectivity index (χ1n) is 8.36. The molecule has 3 atom stereocenters. The Balaban J connectivity index is 1.70. The van der Waals surface area contributed by atoms with E-state index >= 15 is 0 Å². The van der Waals surface area contributed by atoms with Crippen LogP contribution in [0.15, 0.2) is 30.3 Å². The molecule has 2 aliphatic heterocycles. The standard InChI is InChI=1S/C18H28N2S/c1-3-16-12-19-17(15-8-5-4-6-9-15)13-20(16)14-18(2)10-7-11-21-18/h4-6,8-9,16-17,19H,3,7,10-14H2,1-2H3. The van der Waals surface area contributed by atoms with Crippen LogP contribution in [0.2, 0.25) is 0 Å². The van der Waals surface area contributed by atoms with Gasteiger partial charge in [-0.1, -0.05) is 37.3 Å². The zero-order chi connectivity index (χ0) is 14.7. The molecule has 2 saturated heterocycles. The van der Waals surface area contributed by atoms with Crippen molar-refractivity contribution in [3.05, 3.63) is 35.9 Å². The summed E-state index contributed by atoms with van der Waals surface area (Å²) in [5.74, 6) is 1.35. The summed E-state index contributed by atoms with van der Waals surface area (Å²) in [5.41, 5.74) is 1.43. The van der Waals surface area contributed by atoms with Gasteiger partial charge in [0.2, 0.25) is 0 Å². The molecule has 1 aromatic rings. The van der Waals surface area contributed by atoms with E-state index in [-0.39, 0.29) is 0 Å². The Morgan fingerprint density at radius 3 is 2.81 bits per heavy atom. The van der Waals surface area contributed by atoms with E-state index in [2.05, 4.69) is 66.2 Å². The molecule has 0 saturated carbocycles. The minimum absolute atomic E-state index is 0.478. The number of nitrogens with zero attached hydrogens (tertiary/aromatic N) is 1. The van der Waals surface area contributed by atoms with Gasteiger partial charge in [-0.3, -0.25) is 4.90 Å². The minimum Gasteiger partial charge on any atom is -0.307 e. The largest absolute Gasteiger partial charge is 0.307 e. The highest BCUT2D eigenvalue weighted by Gasteiger charge is 2.36. The molecule has 0 radical (unpaired) electrons. The van der Waals surface area contributed by atoms with Crippen molar-refractivity contribution in [2.75, 3.05) is 25.4 Å². The van der Waals surface area contributed by atoms with Gasteiger partial charge in [0, 0.05) is 36.5 Å². The van der Waals surface area contributed by atoms with Crippen molar-refractivity contribution >= 4 is 11.8 Å². The second kappa shape index (κ2) is 6.72. The van der Waals surface area contributed by atoms with E-state index in [1.54, 1.807) is 0 Å². The van der Waals surface area contributed by atoms with Crippen LogP contribution in [0.4, 0.5) is 0 Å².